The molecule has 1 atom stereocenters. The van der Waals surface area contributed by atoms with Crippen molar-refractivity contribution >= 4 is 16.0 Å². The molecule has 7 nitrogen and oxygen atoms in total. The molecule has 0 spiro atoms. The van der Waals surface area contributed by atoms with Gasteiger partial charge in [-0.05, 0) is 45.2 Å². The number of likely N-dealkylation sites (tertiary alicyclic amines) is 1. The summed E-state index contributed by atoms with van der Waals surface area (Å²) in [5.74, 6) is 1.63. The van der Waals surface area contributed by atoms with Gasteiger partial charge in [-0.3, -0.25) is 9.89 Å². The first-order valence-corrected chi connectivity index (χ1v) is 12.3. The van der Waals surface area contributed by atoms with Gasteiger partial charge in [0.25, 0.3) is 0 Å². The Bertz CT molecular complexity index is 556. The zero-order valence-electron chi connectivity index (χ0n) is 17.4. The maximum Gasteiger partial charge on any atom is 0.214 e. The summed E-state index contributed by atoms with van der Waals surface area (Å²) in [5, 5.41) is 6.60. The average Bonchev–Trinajstić information content (AvgIpc) is 2.81. The van der Waals surface area contributed by atoms with E-state index in [1.165, 1.54) is 38.8 Å². The second kappa shape index (κ2) is 11.2. The van der Waals surface area contributed by atoms with Crippen LogP contribution >= 0.6 is 0 Å². The molecule has 2 saturated heterocycles. The molecule has 0 amide bonds. The molecule has 2 rings (SSSR count). The van der Waals surface area contributed by atoms with Gasteiger partial charge in [-0.15, -0.1) is 0 Å². The molecule has 2 aliphatic heterocycles. The first-order valence-electron chi connectivity index (χ1n) is 10.7. The molecular weight excluding hydrogens is 362 g/mol. The van der Waals surface area contributed by atoms with Gasteiger partial charge in [0.15, 0.2) is 5.96 Å². The van der Waals surface area contributed by atoms with E-state index in [0.717, 1.165) is 25.5 Å². The van der Waals surface area contributed by atoms with Crippen molar-refractivity contribution in [2.45, 2.75) is 58.9 Å². The van der Waals surface area contributed by atoms with E-state index in [-0.39, 0.29) is 5.75 Å². The van der Waals surface area contributed by atoms with Gasteiger partial charge in [-0.25, -0.2) is 12.7 Å². The second-order valence-electron chi connectivity index (χ2n) is 7.98. The Morgan fingerprint density at radius 2 is 1.74 bits per heavy atom. The van der Waals surface area contributed by atoms with Gasteiger partial charge in [0, 0.05) is 32.2 Å². The van der Waals surface area contributed by atoms with E-state index in [0.29, 0.717) is 31.6 Å². The van der Waals surface area contributed by atoms with Gasteiger partial charge in [0.05, 0.1) is 12.3 Å². The highest BCUT2D eigenvalue weighted by atomic mass is 32.2. The van der Waals surface area contributed by atoms with Crippen molar-refractivity contribution in [1.29, 1.82) is 0 Å². The summed E-state index contributed by atoms with van der Waals surface area (Å²) in [7, 11) is -3.03. The van der Waals surface area contributed by atoms with Crippen LogP contribution in [-0.2, 0) is 10.0 Å². The number of nitrogens with zero attached hydrogens (tertiary/aromatic N) is 3. The molecule has 0 radical (unpaired) electrons. The topological polar surface area (TPSA) is 77.0 Å². The third-order valence-corrected chi connectivity index (χ3v) is 7.47. The van der Waals surface area contributed by atoms with E-state index in [1.54, 1.807) is 4.31 Å². The van der Waals surface area contributed by atoms with E-state index < -0.39 is 10.0 Å². The van der Waals surface area contributed by atoms with E-state index in [9.17, 15) is 8.42 Å². The smallest absolute Gasteiger partial charge is 0.214 e. The van der Waals surface area contributed by atoms with Crippen LogP contribution in [0.3, 0.4) is 0 Å². The van der Waals surface area contributed by atoms with E-state index >= 15 is 0 Å². The third kappa shape index (κ3) is 7.23. The predicted molar refractivity (Wildman–Crippen MR) is 113 cm³/mol. The molecule has 27 heavy (non-hydrogen) atoms. The molecule has 2 aliphatic rings. The van der Waals surface area contributed by atoms with Crippen LogP contribution in [-0.4, -0.2) is 81.2 Å². The van der Waals surface area contributed by atoms with Gasteiger partial charge >= 0.3 is 0 Å². The highest BCUT2D eigenvalue weighted by Crippen LogP contribution is 2.18. The van der Waals surface area contributed by atoms with Crippen molar-refractivity contribution in [1.82, 2.24) is 19.8 Å². The van der Waals surface area contributed by atoms with Crippen LogP contribution in [0, 0.1) is 5.92 Å². The molecule has 2 heterocycles. The number of hydrogen-bond acceptors (Lipinski definition) is 4. The van der Waals surface area contributed by atoms with Crippen molar-refractivity contribution in [3.63, 3.8) is 0 Å². The molecule has 0 aliphatic carbocycles. The number of hydrogen-bond donors (Lipinski definition) is 2. The van der Waals surface area contributed by atoms with Crippen molar-refractivity contribution in [3.05, 3.63) is 0 Å². The fraction of sp³-hybridized carbons (Fsp3) is 0.947. The first-order chi connectivity index (χ1) is 12.9. The summed E-state index contributed by atoms with van der Waals surface area (Å²) in [6.45, 7) is 12.3. The molecule has 0 bridgehead atoms. The number of rotatable bonds is 8. The number of nitrogens with one attached hydrogen (secondary N) is 2. The third-order valence-electron chi connectivity index (χ3n) is 5.52. The molecular formula is C19H39N5O2S. The van der Waals surface area contributed by atoms with E-state index in [4.69, 9.17) is 4.99 Å². The molecule has 2 N–H and O–H groups in total. The monoisotopic (exact) mass is 401 g/mol. The minimum Gasteiger partial charge on any atom is -0.357 e. The lowest BCUT2D eigenvalue weighted by molar-refractivity contribution is 0.166. The molecule has 8 heteroatoms. The maximum absolute atomic E-state index is 11.9. The van der Waals surface area contributed by atoms with Crippen LogP contribution < -0.4 is 10.6 Å². The fourth-order valence-corrected chi connectivity index (χ4v) is 5.47. The summed E-state index contributed by atoms with van der Waals surface area (Å²) in [5.41, 5.74) is 0. The van der Waals surface area contributed by atoms with Crippen molar-refractivity contribution in [2.24, 2.45) is 10.9 Å². The molecule has 0 aromatic rings. The lowest BCUT2D eigenvalue weighted by Gasteiger charge is -2.32. The van der Waals surface area contributed by atoms with Crippen LogP contribution in [0.5, 0.6) is 0 Å². The predicted octanol–water partition coefficient (Wildman–Crippen LogP) is 1.48. The van der Waals surface area contributed by atoms with Crippen LogP contribution in [0.25, 0.3) is 0 Å². The summed E-state index contributed by atoms with van der Waals surface area (Å²) >= 11 is 0. The van der Waals surface area contributed by atoms with Crippen LogP contribution in [0.4, 0.5) is 0 Å². The highest BCUT2D eigenvalue weighted by Gasteiger charge is 2.27. The Morgan fingerprint density at radius 3 is 2.30 bits per heavy atom. The van der Waals surface area contributed by atoms with Gasteiger partial charge in [0.2, 0.25) is 10.0 Å². The van der Waals surface area contributed by atoms with Crippen molar-refractivity contribution < 1.29 is 8.42 Å². The summed E-state index contributed by atoms with van der Waals surface area (Å²) in [6, 6.07) is 0.456. The Labute approximate surface area is 166 Å². The van der Waals surface area contributed by atoms with Gasteiger partial charge in [-0.1, -0.05) is 26.7 Å². The first kappa shape index (κ1) is 22.4. The van der Waals surface area contributed by atoms with Gasteiger partial charge in [-0.2, -0.15) is 0 Å². The average molecular weight is 402 g/mol. The zero-order valence-corrected chi connectivity index (χ0v) is 18.2. The summed E-state index contributed by atoms with van der Waals surface area (Å²) < 4.78 is 25.4. The van der Waals surface area contributed by atoms with Crippen LogP contribution in [0.1, 0.15) is 52.9 Å². The normalized spacial score (nSPS) is 23.3. The van der Waals surface area contributed by atoms with Gasteiger partial charge in [0.1, 0.15) is 0 Å². The lowest BCUT2D eigenvalue weighted by atomic mass is 10.0. The fourth-order valence-electron chi connectivity index (χ4n) is 3.94. The number of guanidine groups is 1. The maximum atomic E-state index is 11.9. The minimum absolute atomic E-state index is 0.285. The lowest BCUT2D eigenvalue weighted by Crippen LogP contribution is -2.45. The molecule has 0 aromatic heterocycles. The largest absolute Gasteiger partial charge is 0.357 e. The molecule has 158 valence electrons. The SMILES string of the molecule is CCNC(=NCC(C(C)C)N1CCCCCC1)NCCN1CCCS1(=O)=O. The highest BCUT2D eigenvalue weighted by molar-refractivity contribution is 7.89. The second-order valence-corrected chi connectivity index (χ2v) is 10.1. The summed E-state index contributed by atoms with van der Waals surface area (Å²) in [4.78, 5) is 7.44. The Kier molecular flexibility index (Phi) is 9.32. The Morgan fingerprint density at radius 1 is 1.04 bits per heavy atom. The quantitative estimate of drug-likeness (QED) is 0.476. The molecule has 0 saturated carbocycles. The standard InChI is InChI=1S/C19H39N5O2S/c1-4-20-19(21-10-14-24-13-9-15-27(24,25)26)22-16-18(17(2)3)23-11-7-5-6-8-12-23/h17-18H,4-16H2,1-3H3,(H2,20,21,22). The van der Waals surface area contributed by atoms with E-state index in [1.807, 2.05) is 0 Å². The van der Waals surface area contributed by atoms with E-state index in [2.05, 4.69) is 36.3 Å². The molecule has 2 fully saturated rings. The van der Waals surface area contributed by atoms with Crippen LogP contribution in [0.15, 0.2) is 4.99 Å². The zero-order chi connectivity index (χ0) is 19.7. The Balaban J connectivity index is 1.89. The summed E-state index contributed by atoms with van der Waals surface area (Å²) in [6.07, 6.45) is 6.00. The van der Waals surface area contributed by atoms with Gasteiger partial charge < -0.3 is 10.6 Å². The van der Waals surface area contributed by atoms with Crippen molar-refractivity contribution in [3.8, 4) is 0 Å². The minimum atomic E-state index is -3.03. The van der Waals surface area contributed by atoms with Crippen molar-refractivity contribution in [2.75, 3.05) is 51.6 Å². The molecule has 0 aromatic carbocycles. The number of sulfonamides is 1. The molecule has 1 unspecified atom stereocenters. The van der Waals surface area contributed by atoms with Crippen LogP contribution in [0.2, 0.25) is 0 Å². The Hall–Kier alpha value is -0.860. The number of aliphatic imine (C=N–C) groups is 1.